The van der Waals surface area contributed by atoms with Crippen molar-refractivity contribution in [2.45, 2.75) is 25.6 Å². The fourth-order valence-electron chi connectivity index (χ4n) is 2.90. The maximum absolute atomic E-state index is 12.9. The Morgan fingerprint density at radius 2 is 1.54 bits per heavy atom. The smallest absolute Gasteiger partial charge is 0.237 e. The molecule has 1 atom stereocenters. The Labute approximate surface area is 154 Å². The topological polar surface area (TPSA) is 45.5 Å². The SMILES string of the molecule is C[C@H](C(=O)NC(c1ccccc1)c1ccccc1)N(C)Cc1ccco1. The van der Waals surface area contributed by atoms with E-state index in [1.54, 1.807) is 6.26 Å². The summed E-state index contributed by atoms with van der Waals surface area (Å²) in [6, 6.07) is 23.4. The molecule has 0 bridgehead atoms. The van der Waals surface area contributed by atoms with Crippen LogP contribution < -0.4 is 5.32 Å². The largest absolute Gasteiger partial charge is 0.468 e. The van der Waals surface area contributed by atoms with Crippen molar-refractivity contribution >= 4 is 5.91 Å². The van der Waals surface area contributed by atoms with Crippen molar-refractivity contribution in [2.24, 2.45) is 0 Å². The quantitative estimate of drug-likeness (QED) is 0.702. The lowest BCUT2D eigenvalue weighted by atomic mass is 9.98. The standard InChI is InChI=1S/C22H24N2O2/c1-17(24(2)16-20-14-9-15-26-20)22(25)23-21(18-10-5-3-6-11-18)19-12-7-4-8-13-19/h3-15,17,21H,16H2,1-2H3,(H,23,25)/t17-/m1/s1. The molecule has 26 heavy (non-hydrogen) atoms. The van der Waals surface area contributed by atoms with E-state index in [1.807, 2.05) is 91.7 Å². The fraction of sp³-hybridized carbons (Fsp3) is 0.227. The van der Waals surface area contributed by atoms with Gasteiger partial charge in [0.25, 0.3) is 0 Å². The summed E-state index contributed by atoms with van der Waals surface area (Å²) in [6.45, 7) is 2.49. The molecule has 0 spiro atoms. The number of carbonyl (C=O) groups excluding carboxylic acids is 1. The van der Waals surface area contributed by atoms with E-state index >= 15 is 0 Å². The minimum absolute atomic E-state index is 0.0169. The Kier molecular flexibility index (Phi) is 5.87. The van der Waals surface area contributed by atoms with Crippen LogP contribution >= 0.6 is 0 Å². The van der Waals surface area contributed by atoms with Crippen LogP contribution in [0.3, 0.4) is 0 Å². The Balaban J connectivity index is 1.74. The third-order valence-corrected chi connectivity index (χ3v) is 4.58. The van der Waals surface area contributed by atoms with Gasteiger partial charge in [0.2, 0.25) is 5.91 Å². The highest BCUT2D eigenvalue weighted by Gasteiger charge is 2.23. The van der Waals surface area contributed by atoms with Crippen LogP contribution in [-0.4, -0.2) is 23.9 Å². The third-order valence-electron chi connectivity index (χ3n) is 4.58. The highest BCUT2D eigenvalue weighted by Crippen LogP contribution is 2.22. The molecule has 4 nitrogen and oxygen atoms in total. The van der Waals surface area contributed by atoms with Gasteiger partial charge < -0.3 is 9.73 Å². The molecular weight excluding hydrogens is 324 g/mol. The summed E-state index contributed by atoms with van der Waals surface area (Å²) in [7, 11) is 1.92. The number of nitrogens with one attached hydrogen (secondary N) is 1. The molecule has 0 unspecified atom stereocenters. The van der Waals surface area contributed by atoms with Gasteiger partial charge in [0.15, 0.2) is 0 Å². The number of nitrogens with zero attached hydrogens (tertiary/aromatic N) is 1. The van der Waals surface area contributed by atoms with E-state index < -0.39 is 0 Å². The van der Waals surface area contributed by atoms with Crippen LogP contribution in [0, 0.1) is 0 Å². The average molecular weight is 348 g/mol. The molecule has 3 rings (SSSR count). The maximum Gasteiger partial charge on any atom is 0.237 e. The van der Waals surface area contributed by atoms with Crippen molar-refractivity contribution in [3.8, 4) is 0 Å². The number of hydrogen-bond donors (Lipinski definition) is 1. The lowest BCUT2D eigenvalue weighted by Gasteiger charge is -2.26. The Morgan fingerprint density at radius 3 is 2.04 bits per heavy atom. The number of carbonyl (C=O) groups is 1. The molecule has 1 amide bonds. The molecule has 1 aromatic heterocycles. The first-order chi connectivity index (χ1) is 12.6. The molecule has 1 heterocycles. The van der Waals surface area contributed by atoms with E-state index in [2.05, 4.69) is 5.32 Å². The zero-order valence-corrected chi connectivity index (χ0v) is 15.1. The summed E-state index contributed by atoms with van der Waals surface area (Å²) < 4.78 is 5.38. The third kappa shape index (κ3) is 4.41. The van der Waals surface area contributed by atoms with E-state index in [1.165, 1.54) is 0 Å². The van der Waals surface area contributed by atoms with Crippen molar-refractivity contribution in [1.29, 1.82) is 0 Å². The second-order valence-electron chi connectivity index (χ2n) is 6.43. The van der Waals surface area contributed by atoms with Gasteiger partial charge in [-0.25, -0.2) is 0 Å². The zero-order chi connectivity index (χ0) is 18.4. The van der Waals surface area contributed by atoms with Gasteiger partial charge in [0.05, 0.1) is 24.9 Å². The van der Waals surface area contributed by atoms with E-state index in [0.717, 1.165) is 16.9 Å². The molecular formula is C22H24N2O2. The second-order valence-corrected chi connectivity index (χ2v) is 6.43. The van der Waals surface area contributed by atoms with E-state index in [0.29, 0.717) is 6.54 Å². The molecule has 0 aliphatic carbocycles. The molecule has 0 aliphatic rings. The van der Waals surface area contributed by atoms with Crippen molar-refractivity contribution in [2.75, 3.05) is 7.05 Å². The van der Waals surface area contributed by atoms with Crippen molar-refractivity contribution in [3.63, 3.8) is 0 Å². The number of hydrogen-bond acceptors (Lipinski definition) is 3. The van der Waals surface area contributed by atoms with E-state index in [9.17, 15) is 4.79 Å². The molecule has 1 N–H and O–H groups in total. The summed E-state index contributed by atoms with van der Waals surface area (Å²) in [5, 5.41) is 3.20. The predicted molar refractivity (Wildman–Crippen MR) is 103 cm³/mol. The molecule has 0 radical (unpaired) electrons. The minimum Gasteiger partial charge on any atom is -0.468 e. The normalized spacial score (nSPS) is 12.3. The van der Waals surface area contributed by atoms with Gasteiger partial charge in [-0.2, -0.15) is 0 Å². The first kappa shape index (κ1) is 18.0. The minimum atomic E-state index is -0.282. The van der Waals surface area contributed by atoms with Crippen LogP contribution in [0.5, 0.6) is 0 Å². The van der Waals surface area contributed by atoms with Crippen molar-refractivity contribution in [3.05, 3.63) is 95.9 Å². The van der Waals surface area contributed by atoms with E-state index in [4.69, 9.17) is 4.42 Å². The monoisotopic (exact) mass is 348 g/mol. The van der Waals surface area contributed by atoms with Gasteiger partial charge in [-0.15, -0.1) is 0 Å². The van der Waals surface area contributed by atoms with Gasteiger partial charge in [0, 0.05) is 0 Å². The molecule has 0 aliphatic heterocycles. The van der Waals surface area contributed by atoms with Crippen LogP contribution in [0.15, 0.2) is 83.5 Å². The van der Waals surface area contributed by atoms with Gasteiger partial charge in [-0.05, 0) is 37.2 Å². The number of rotatable bonds is 7. The molecule has 3 aromatic rings. The molecule has 0 saturated carbocycles. The number of likely N-dealkylation sites (N-methyl/N-ethyl adjacent to an activating group) is 1. The second kappa shape index (κ2) is 8.50. The highest BCUT2D eigenvalue weighted by atomic mass is 16.3. The maximum atomic E-state index is 12.9. The summed E-state index contributed by atoms with van der Waals surface area (Å²) in [4.78, 5) is 14.9. The zero-order valence-electron chi connectivity index (χ0n) is 15.1. The first-order valence-corrected chi connectivity index (χ1v) is 8.78. The number of furan rings is 1. The van der Waals surface area contributed by atoms with Crippen LogP contribution in [-0.2, 0) is 11.3 Å². The van der Waals surface area contributed by atoms with Gasteiger partial charge in [-0.1, -0.05) is 60.7 Å². The van der Waals surface area contributed by atoms with Crippen molar-refractivity contribution < 1.29 is 9.21 Å². The highest BCUT2D eigenvalue weighted by molar-refractivity contribution is 5.82. The predicted octanol–water partition coefficient (Wildman–Crippen LogP) is 4.01. The lowest BCUT2D eigenvalue weighted by molar-refractivity contribution is -0.126. The lowest BCUT2D eigenvalue weighted by Crippen LogP contribution is -2.44. The number of amides is 1. The van der Waals surface area contributed by atoms with Gasteiger partial charge in [-0.3, -0.25) is 9.69 Å². The van der Waals surface area contributed by atoms with Crippen LogP contribution in [0.2, 0.25) is 0 Å². The summed E-state index contributed by atoms with van der Waals surface area (Å²) in [5.74, 6) is 0.826. The molecule has 0 fully saturated rings. The van der Waals surface area contributed by atoms with Crippen LogP contribution in [0.25, 0.3) is 0 Å². The Morgan fingerprint density at radius 1 is 0.962 bits per heavy atom. The number of benzene rings is 2. The Bertz CT molecular complexity index is 761. The summed E-state index contributed by atoms with van der Waals surface area (Å²) >= 11 is 0. The van der Waals surface area contributed by atoms with Gasteiger partial charge >= 0.3 is 0 Å². The summed E-state index contributed by atoms with van der Waals surface area (Å²) in [6.07, 6.45) is 1.65. The Hall–Kier alpha value is -2.85. The molecule has 4 heteroatoms. The summed E-state index contributed by atoms with van der Waals surface area (Å²) in [5.41, 5.74) is 2.13. The molecule has 0 saturated heterocycles. The first-order valence-electron chi connectivity index (χ1n) is 8.78. The van der Waals surface area contributed by atoms with Crippen LogP contribution in [0.4, 0.5) is 0 Å². The molecule has 2 aromatic carbocycles. The van der Waals surface area contributed by atoms with Crippen LogP contribution in [0.1, 0.15) is 29.9 Å². The fourth-order valence-corrected chi connectivity index (χ4v) is 2.90. The van der Waals surface area contributed by atoms with Gasteiger partial charge in [0.1, 0.15) is 5.76 Å². The molecule has 134 valence electrons. The van der Waals surface area contributed by atoms with Crippen molar-refractivity contribution in [1.82, 2.24) is 10.2 Å². The van der Waals surface area contributed by atoms with E-state index in [-0.39, 0.29) is 18.0 Å². The average Bonchev–Trinajstić information content (AvgIpc) is 3.19.